The van der Waals surface area contributed by atoms with Gasteiger partial charge in [-0.2, -0.15) is 9.61 Å². The number of aliphatic hydroxyl groups is 1. The lowest BCUT2D eigenvalue weighted by Crippen LogP contribution is -2.15. The Balaban J connectivity index is 1.82. The van der Waals surface area contributed by atoms with Crippen LogP contribution in [0.15, 0.2) is 42.5 Å². The zero-order chi connectivity index (χ0) is 14.8. The average Bonchev–Trinajstić information content (AvgIpc) is 2.85. The number of anilines is 1. The molecule has 1 atom stereocenters. The number of aryl methyl sites for hydroxylation is 2. The Morgan fingerprint density at radius 3 is 2.67 bits per heavy atom. The van der Waals surface area contributed by atoms with Gasteiger partial charge in [0.1, 0.15) is 5.82 Å². The standard InChI is InChI=1S/C16H18N4O/c1-11-8-15(20-16(18-11)9-12(2)19-20)17-10-14(21)13-6-4-3-5-7-13/h3-9,14,17,21H,10H2,1-2H3. The van der Waals surface area contributed by atoms with Crippen molar-refractivity contribution < 1.29 is 5.11 Å². The second-order valence-corrected chi connectivity index (χ2v) is 5.15. The lowest BCUT2D eigenvalue weighted by Gasteiger charge is -2.14. The third-order valence-corrected chi connectivity index (χ3v) is 3.34. The van der Waals surface area contributed by atoms with Crippen LogP contribution >= 0.6 is 0 Å². The highest BCUT2D eigenvalue weighted by molar-refractivity contribution is 5.50. The summed E-state index contributed by atoms with van der Waals surface area (Å²) in [5.41, 5.74) is 3.53. The molecule has 0 radical (unpaired) electrons. The Hall–Kier alpha value is -2.40. The molecule has 0 aliphatic heterocycles. The molecule has 108 valence electrons. The molecule has 1 aromatic carbocycles. The molecule has 0 bridgehead atoms. The van der Waals surface area contributed by atoms with Crippen LogP contribution in [0.5, 0.6) is 0 Å². The van der Waals surface area contributed by atoms with Gasteiger partial charge in [-0.05, 0) is 19.4 Å². The first-order valence-corrected chi connectivity index (χ1v) is 6.94. The van der Waals surface area contributed by atoms with E-state index in [0.717, 1.165) is 28.4 Å². The van der Waals surface area contributed by atoms with Crippen LogP contribution in [0.1, 0.15) is 23.1 Å². The summed E-state index contributed by atoms with van der Waals surface area (Å²) in [4.78, 5) is 4.44. The van der Waals surface area contributed by atoms with Crippen molar-refractivity contribution in [1.82, 2.24) is 14.6 Å². The second kappa shape index (κ2) is 5.54. The SMILES string of the molecule is Cc1cc(NCC(O)c2ccccc2)n2nc(C)cc2n1. The summed E-state index contributed by atoms with van der Waals surface area (Å²) in [6, 6.07) is 13.5. The van der Waals surface area contributed by atoms with Gasteiger partial charge >= 0.3 is 0 Å². The van der Waals surface area contributed by atoms with E-state index in [-0.39, 0.29) is 0 Å². The van der Waals surface area contributed by atoms with Crippen molar-refractivity contribution in [3.8, 4) is 0 Å². The van der Waals surface area contributed by atoms with Crippen LogP contribution in [-0.4, -0.2) is 26.2 Å². The Morgan fingerprint density at radius 1 is 1.14 bits per heavy atom. The predicted octanol–water partition coefficient (Wildman–Crippen LogP) is 2.49. The number of nitrogens with one attached hydrogen (secondary N) is 1. The van der Waals surface area contributed by atoms with E-state index in [2.05, 4.69) is 15.4 Å². The Labute approximate surface area is 123 Å². The van der Waals surface area contributed by atoms with Gasteiger partial charge in [0.25, 0.3) is 0 Å². The number of rotatable bonds is 4. The Bertz CT molecular complexity index is 752. The van der Waals surface area contributed by atoms with E-state index in [1.165, 1.54) is 0 Å². The Kier molecular flexibility index (Phi) is 3.58. The first-order valence-electron chi connectivity index (χ1n) is 6.94. The molecular weight excluding hydrogens is 264 g/mol. The van der Waals surface area contributed by atoms with Crippen molar-refractivity contribution in [2.75, 3.05) is 11.9 Å². The summed E-state index contributed by atoms with van der Waals surface area (Å²) in [7, 11) is 0. The average molecular weight is 282 g/mol. The van der Waals surface area contributed by atoms with E-state index >= 15 is 0 Å². The van der Waals surface area contributed by atoms with E-state index in [0.29, 0.717) is 6.54 Å². The van der Waals surface area contributed by atoms with Gasteiger partial charge in [-0.1, -0.05) is 30.3 Å². The molecular formula is C16H18N4O. The van der Waals surface area contributed by atoms with Crippen molar-refractivity contribution in [2.24, 2.45) is 0 Å². The summed E-state index contributed by atoms with van der Waals surface area (Å²) >= 11 is 0. The number of hydrogen-bond donors (Lipinski definition) is 2. The number of hydrogen-bond acceptors (Lipinski definition) is 4. The molecule has 0 saturated carbocycles. The minimum atomic E-state index is -0.564. The topological polar surface area (TPSA) is 62.5 Å². The van der Waals surface area contributed by atoms with E-state index in [1.807, 2.05) is 56.3 Å². The first kappa shape index (κ1) is 13.6. The third kappa shape index (κ3) is 2.87. The maximum Gasteiger partial charge on any atom is 0.157 e. The van der Waals surface area contributed by atoms with Crippen LogP contribution in [-0.2, 0) is 0 Å². The molecule has 5 nitrogen and oxygen atoms in total. The van der Waals surface area contributed by atoms with Crippen molar-refractivity contribution in [2.45, 2.75) is 20.0 Å². The maximum absolute atomic E-state index is 10.2. The van der Waals surface area contributed by atoms with Gasteiger partial charge < -0.3 is 10.4 Å². The molecule has 3 rings (SSSR count). The smallest absolute Gasteiger partial charge is 0.157 e. The van der Waals surface area contributed by atoms with Gasteiger partial charge in [0, 0.05) is 24.4 Å². The van der Waals surface area contributed by atoms with Crippen molar-refractivity contribution >= 4 is 11.5 Å². The third-order valence-electron chi connectivity index (χ3n) is 3.34. The molecule has 21 heavy (non-hydrogen) atoms. The minimum Gasteiger partial charge on any atom is -0.387 e. The number of fused-ring (bicyclic) bond motifs is 1. The molecule has 5 heteroatoms. The highest BCUT2D eigenvalue weighted by Crippen LogP contribution is 2.16. The zero-order valence-electron chi connectivity index (χ0n) is 12.1. The predicted molar refractivity (Wildman–Crippen MR) is 82.4 cm³/mol. The van der Waals surface area contributed by atoms with Crippen LogP contribution in [0, 0.1) is 13.8 Å². The molecule has 3 aromatic rings. The van der Waals surface area contributed by atoms with Gasteiger partial charge in [-0.15, -0.1) is 0 Å². The van der Waals surface area contributed by atoms with Crippen LogP contribution in [0.2, 0.25) is 0 Å². The number of benzene rings is 1. The second-order valence-electron chi connectivity index (χ2n) is 5.15. The van der Waals surface area contributed by atoms with Gasteiger partial charge in [-0.25, -0.2) is 4.98 Å². The molecule has 1 unspecified atom stereocenters. The summed E-state index contributed by atoms with van der Waals surface area (Å²) in [5.74, 6) is 0.834. The maximum atomic E-state index is 10.2. The highest BCUT2D eigenvalue weighted by Gasteiger charge is 2.10. The monoisotopic (exact) mass is 282 g/mol. The van der Waals surface area contributed by atoms with Crippen LogP contribution in [0.25, 0.3) is 5.65 Å². The fourth-order valence-electron chi connectivity index (χ4n) is 2.33. The van der Waals surface area contributed by atoms with Gasteiger partial charge in [0.2, 0.25) is 0 Å². The molecule has 0 aliphatic rings. The number of nitrogens with zero attached hydrogens (tertiary/aromatic N) is 3. The van der Waals surface area contributed by atoms with Gasteiger partial charge in [0.05, 0.1) is 11.8 Å². The van der Waals surface area contributed by atoms with Gasteiger partial charge in [0.15, 0.2) is 5.65 Å². The quantitative estimate of drug-likeness (QED) is 0.771. The summed E-state index contributed by atoms with van der Waals surface area (Å²) in [6.07, 6.45) is -0.564. The fraction of sp³-hybridized carbons (Fsp3) is 0.250. The summed E-state index contributed by atoms with van der Waals surface area (Å²) < 4.78 is 1.76. The van der Waals surface area contributed by atoms with Crippen LogP contribution in [0.4, 0.5) is 5.82 Å². The zero-order valence-corrected chi connectivity index (χ0v) is 12.1. The molecule has 0 saturated heterocycles. The summed E-state index contributed by atoms with van der Waals surface area (Å²) in [5, 5.41) is 17.9. The largest absolute Gasteiger partial charge is 0.387 e. The Morgan fingerprint density at radius 2 is 1.90 bits per heavy atom. The lowest BCUT2D eigenvalue weighted by atomic mass is 10.1. The van der Waals surface area contributed by atoms with E-state index in [9.17, 15) is 5.11 Å². The molecule has 0 spiro atoms. The number of aliphatic hydroxyl groups excluding tert-OH is 1. The van der Waals surface area contributed by atoms with E-state index < -0.39 is 6.10 Å². The van der Waals surface area contributed by atoms with E-state index in [1.54, 1.807) is 4.52 Å². The normalized spacial score (nSPS) is 12.5. The molecule has 0 fully saturated rings. The van der Waals surface area contributed by atoms with Crippen molar-refractivity contribution in [3.05, 3.63) is 59.4 Å². The highest BCUT2D eigenvalue weighted by atomic mass is 16.3. The van der Waals surface area contributed by atoms with Crippen molar-refractivity contribution in [1.29, 1.82) is 0 Å². The van der Waals surface area contributed by atoms with Crippen LogP contribution < -0.4 is 5.32 Å². The molecule has 2 aromatic heterocycles. The molecule has 0 amide bonds. The molecule has 2 N–H and O–H groups in total. The van der Waals surface area contributed by atoms with Crippen LogP contribution in [0.3, 0.4) is 0 Å². The first-order chi connectivity index (χ1) is 10.1. The lowest BCUT2D eigenvalue weighted by molar-refractivity contribution is 0.191. The molecule has 0 aliphatic carbocycles. The van der Waals surface area contributed by atoms with E-state index in [4.69, 9.17) is 0 Å². The van der Waals surface area contributed by atoms with Crippen molar-refractivity contribution in [3.63, 3.8) is 0 Å². The minimum absolute atomic E-state index is 0.418. The number of aromatic nitrogens is 3. The fourth-order valence-corrected chi connectivity index (χ4v) is 2.33. The summed E-state index contributed by atoms with van der Waals surface area (Å²) in [6.45, 7) is 4.30. The molecule has 2 heterocycles. The van der Waals surface area contributed by atoms with Gasteiger partial charge in [-0.3, -0.25) is 0 Å².